The van der Waals surface area contributed by atoms with Crippen LogP contribution in [0.1, 0.15) is 35.8 Å². The Labute approximate surface area is 169 Å². The molecule has 1 aromatic heterocycles. The lowest BCUT2D eigenvalue weighted by molar-refractivity contribution is -0.119. The summed E-state index contributed by atoms with van der Waals surface area (Å²) in [6, 6.07) is 18.5. The number of aryl methyl sites for hydroxylation is 2. The SMILES string of the molecule is Cc1ccccc1-n1c(C)nnc1SCC(=O)NC(c1ccccc1)C1CC1. The molecule has 3 aromatic rings. The fourth-order valence-corrected chi connectivity index (χ4v) is 4.24. The second-order valence-corrected chi connectivity index (χ2v) is 8.18. The Morgan fingerprint density at radius 3 is 2.54 bits per heavy atom. The van der Waals surface area contributed by atoms with Gasteiger partial charge in [0.05, 0.1) is 17.5 Å². The molecular weight excluding hydrogens is 368 g/mol. The Balaban J connectivity index is 1.45. The first-order chi connectivity index (χ1) is 13.6. The van der Waals surface area contributed by atoms with Gasteiger partial charge in [-0.05, 0) is 49.8 Å². The average Bonchev–Trinajstić information content (AvgIpc) is 3.49. The predicted octanol–water partition coefficient (Wildman–Crippen LogP) is 4.24. The summed E-state index contributed by atoms with van der Waals surface area (Å²) in [5.74, 6) is 1.72. The van der Waals surface area contributed by atoms with Gasteiger partial charge >= 0.3 is 0 Å². The minimum atomic E-state index is 0.0303. The third-order valence-electron chi connectivity index (χ3n) is 5.05. The molecular formula is C22H24N4OS. The van der Waals surface area contributed by atoms with E-state index in [0.717, 1.165) is 22.2 Å². The van der Waals surface area contributed by atoms with Crippen LogP contribution in [-0.4, -0.2) is 26.4 Å². The fraction of sp³-hybridized carbons (Fsp3) is 0.318. The maximum absolute atomic E-state index is 12.7. The minimum Gasteiger partial charge on any atom is -0.348 e. The molecule has 2 aromatic carbocycles. The molecule has 1 saturated carbocycles. The van der Waals surface area contributed by atoms with E-state index in [1.54, 1.807) is 0 Å². The van der Waals surface area contributed by atoms with Crippen LogP contribution < -0.4 is 5.32 Å². The number of nitrogens with zero attached hydrogens (tertiary/aromatic N) is 3. The van der Waals surface area contributed by atoms with E-state index in [-0.39, 0.29) is 11.9 Å². The largest absolute Gasteiger partial charge is 0.348 e. The molecule has 1 N–H and O–H groups in total. The number of carbonyl (C=O) groups is 1. The highest BCUT2D eigenvalue weighted by Gasteiger charge is 2.33. The Bertz CT molecular complexity index is 966. The van der Waals surface area contributed by atoms with E-state index in [2.05, 4.69) is 40.6 Å². The summed E-state index contributed by atoms with van der Waals surface area (Å²) < 4.78 is 2.02. The highest BCUT2D eigenvalue weighted by Crippen LogP contribution is 2.41. The molecule has 28 heavy (non-hydrogen) atoms. The number of amides is 1. The Morgan fingerprint density at radius 1 is 1.11 bits per heavy atom. The quantitative estimate of drug-likeness (QED) is 0.611. The standard InChI is InChI=1S/C22H24N4OS/c1-15-8-6-7-11-19(15)26-16(2)24-25-22(26)28-14-20(27)23-21(18-12-13-18)17-9-4-3-5-10-17/h3-11,18,21H,12-14H2,1-2H3,(H,23,27). The summed E-state index contributed by atoms with van der Waals surface area (Å²) in [4.78, 5) is 12.7. The summed E-state index contributed by atoms with van der Waals surface area (Å²) in [6.45, 7) is 4.00. The summed E-state index contributed by atoms with van der Waals surface area (Å²) in [7, 11) is 0. The van der Waals surface area contributed by atoms with Gasteiger partial charge in [-0.1, -0.05) is 60.3 Å². The van der Waals surface area contributed by atoms with Crippen LogP contribution in [0.25, 0.3) is 5.69 Å². The minimum absolute atomic E-state index is 0.0303. The number of hydrogen-bond donors (Lipinski definition) is 1. The molecule has 0 saturated heterocycles. The molecule has 0 aliphatic heterocycles. The van der Waals surface area contributed by atoms with Crippen LogP contribution >= 0.6 is 11.8 Å². The molecule has 144 valence electrons. The maximum Gasteiger partial charge on any atom is 0.230 e. The number of thioether (sulfide) groups is 1. The average molecular weight is 393 g/mol. The maximum atomic E-state index is 12.7. The third kappa shape index (κ3) is 4.12. The highest BCUT2D eigenvalue weighted by molar-refractivity contribution is 7.99. The Kier molecular flexibility index (Phi) is 5.48. The van der Waals surface area contributed by atoms with Crippen LogP contribution in [0.5, 0.6) is 0 Å². The van der Waals surface area contributed by atoms with Crippen molar-refractivity contribution < 1.29 is 4.79 Å². The highest BCUT2D eigenvalue weighted by atomic mass is 32.2. The van der Waals surface area contributed by atoms with Crippen molar-refractivity contribution in [2.24, 2.45) is 5.92 Å². The number of para-hydroxylation sites is 1. The van der Waals surface area contributed by atoms with Gasteiger partial charge in [0.2, 0.25) is 5.91 Å². The topological polar surface area (TPSA) is 59.8 Å². The van der Waals surface area contributed by atoms with Crippen LogP contribution in [0, 0.1) is 19.8 Å². The number of carbonyl (C=O) groups excluding carboxylic acids is 1. The molecule has 6 heteroatoms. The van der Waals surface area contributed by atoms with Crippen molar-refractivity contribution >= 4 is 17.7 Å². The van der Waals surface area contributed by atoms with Gasteiger partial charge in [-0.2, -0.15) is 0 Å². The second kappa shape index (κ2) is 8.19. The lowest BCUT2D eigenvalue weighted by Crippen LogP contribution is -2.31. The number of aromatic nitrogens is 3. The first kappa shape index (κ1) is 18.7. The number of nitrogens with one attached hydrogen (secondary N) is 1. The molecule has 0 bridgehead atoms. The molecule has 1 unspecified atom stereocenters. The van der Waals surface area contributed by atoms with E-state index in [1.807, 2.05) is 47.9 Å². The van der Waals surface area contributed by atoms with Gasteiger partial charge in [-0.25, -0.2) is 0 Å². The molecule has 5 nitrogen and oxygen atoms in total. The number of hydrogen-bond acceptors (Lipinski definition) is 4. The fourth-order valence-electron chi connectivity index (χ4n) is 3.44. The monoisotopic (exact) mass is 392 g/mol. The first-order valence-corrected chi connectivity index (χ1v) is 10.6. The van der Waals surface area contributed by atoms with Gasteiger partial charge in [0, 0.05) is 0 Å². The summed E-state index contributed by atoms with van der Waals surface area (Å²) in [6.07, 6.45) is 2.35. The van der Waals surface area contributed by atoms with E-state index in [0.29, 0.717) is 11.7 Å². The van der Waals surface area contributed by atoms with Gasteiger partial charge in [0.15, 0.2) is 5.16 Å². The zero-order valence-corrected chi connectivity index (χ0v) is 16.9. The van der Waals surface area contributed by atoms with Crippen LogP contribution in [0.15, 0.2) is 59.8 Å². The normalized spacial score (nSPS) is 14.6. The van der Waals surface area contributed by atoms with Crippen molar-refractivity contribution in [3.8, 4) is 5.69 Å². The first-order valence-electron chi connectivity index (χ1n) is 9.58. The Morgan fingerprint density at radius 2 is 1.82 bits per heavy atom. The lowest BCUT2D eigenvalue weighted by atomic mass is 10.0. The summed E-state index contributed by atoms with van der Waals surface area (Å²) >= 11 is 1.43. The molecule has 0 radical (unpaired) electrons. The van der Waals surface area contributed by atoms with Gasteiger partial charge in [-0.3, -0.25) is 9.36 Å². The number of rotatable bonds is 7. The van der Waals surface area contributed by atoms with Crippen LogP contribution in [-0.2, 0) is 4.79 Å². The van der Waals surface area contributed by atoms with Gasteiger partial charge in [0.25, 0.3) is 0 Å². The van der Waals surface area contributed by atoms with Crippen molar-refractivity contribution in [1.29, 1.82) is 0 Å². The molecule has 1 aliphatic rings. The zero-order chi connectivity index (χ0) is 19.5. The predicted molar refractivity (Wildman–Crippen MR) is 112 cm³/mol. The molecule has 1 heterocycles. The molecule has 4 rings (SSSR count). The van der Waals surface area contributed by atoms with Crippen molar-refractivity contribution in [3.05, 3.63) is 71.5 Å². The molecule has 1 atom stereocenters. The molecule has 1 aliphatic carbocycles. The lowest BCUT2D eigenvalue weighted by Gasteiger charge is -2.18. The van der Waals surface area contributed by atoms with Gasteiger partial charge in [-0.15, -0.1) is 10.2 Å². The summed E-state index contributed by atoms with van der Waals surface area (Å²) in [5, 5.41) is 12.5. The van der Waals surface area contributed by atoms with E-state index in [9.17, 15) is 4.79 Å². The summed E-state index contributed by atoms with van der Waals surface area (Å²) in [5.41, 5.74) is 3.38. The van der Waals surface area contributed by atoms with Crippen molar-refractivity contribution in [2.75, 3.05) is 5.75 Å². The van der Waals surface area contributed by atoms with Crippen molar-refractivity contribution in [1.82, 2.24) is 20.1 Å². The van der Waals surface area contributed by atoms with Gasteiger partial charge in [0.1, 0.15) is 5.82 Å². The van der Waals surface area contributed by atoms with Crippen LogP contribution in [0.4, 0.5) is 0 Å². The molecule has 0 spiro atoms. The smallest absolute Gasteiger partial charge is 0.230 e. The number of benzene rings is 2. The van der Waals surface area contributed by atoms with Crippen LogP contribution in [0.3, 0.4) is 0 Å². The van der Waals surface area contributed by atoms with E-state index >= 15 is 0 Å². The van der Waals surface area contributed by atoms with Crippen molar-refractivity contribution in [2.45, 2.75) is 37.9 Å². The Hall–Kier alpha value is -2.60. The van der Waals surface area contributed by atoms with Crippen molar-refractivity contribution in [3.63, 3.8) is 0 Å². The van der Waals surface area contributed by atoms with E-state index in [1.165, 1.54) is 30.2 Å². The second-order valence-electron chi connectivity index (χ2n) is 7.23. The molecule has 1 amide bonds. The van der Waals surface area contributed by atoms with E-state index in [4.69, 9.17) is 0 Å². The van der Waals surface area contributed by atoms with Crippen LogP contribution in [0.2, 0.25) is 0 Å². The molecule has 1 fully saturated rings. The van der Waals surface area contributed by atoms with E-state index < -0.39 is 0 Å². The van der Waals surface area contributed by atoms with Gasteiger partial charge < -0.3 is 5.32 Å². The third-order valence-corrected chi connectivity index (χ3v) is 5.98. The zero-order valence-electron chi connectivity index (χ0n) is 16.1.